The molecule has 2 heterocycles. The summed E-state index contributed by atoms with van der Waals surface area (Å²) in [6.45, 7) is 3.04. The molecule has 0 unspecified atom stereocenters. The first-order valence-corrected chi connectivity index (χ1v) is 7.52. The van der Waals surface area contributed by atoms with Gasteiger partial charge in [0.05, 0.1) is 25.4 Å². The molecule has 2 aliphatic rings. The molecule has 5 atom stereocenters. The lowest BCUT2D eigenvalue weighted by Gasteiger charge is -2.34. The lowest BCUT2D eigenvalue weighted by molar-refractivity contribution is -0.119. The van der Waals surface area contributed by atoms with E-state index in [-0.39, 0.29) is 43.1 Å². The second-order valence-corrected chi connectivity index (χ2v) is 5.80. The van der Waals surface area contributed by atoms with Crippen LogP contribution in [0, 0.1) is 0 Å². The lowest BCUT2D eigenvalue weighted by atomic mass is 10.0. The van der Waals surface area contributed by atoms with E-state index in [9.17, 15) is 15.0 Å². The Hall–Kier alpha value is -0.440. The van der Waals surface area contributed by atoms with E-state index in [2.05, 4.69) is 10.2 Å². The van der Waals surface area contributed by atoms with Gasteiger partial charge in [0.15, 0.2) is 0 Å². The van der Waals surface area contributed by atoms with Crippen molar-refractivity contribution in [2.75, 3.05) is 33.4 Å². The van der Waals surface area contributed by atoms with Crippen LogP contribution in [0.5, 0.6) is 0 Å². The Morgan fingerprint density at radius 2 is 2.18 bits per heavy atom. The van der Waals surface area contributed by atoms with Gasteiger partial charge >= 0.3 is 0 Å². The molecule has 2 aliphatic heterocycles. The first kappa shape index (κ1) is 19.6. The number of ether oxygens (including phenoxy) is 2. The minimum atomic E-state index is -0.758. The summed E-state index contributed by atoms with van der Waals surface area (Å²) in [4.78, 5) is 13.3. The largest absolute Gasteiger partial charge is 0.394 e. The molecular formula is C14H27ClN2O5. The van der Waals surface area contributed by atoms with Crippen LogP contribution in [-0.4, -0.2) is 84.8 Å². The smallest absolute Gasteiger partial charge is 0.216 e. The van der Waals surface area contributed by atoms with Crippen molar-refractivity contribution in [2.45, 2.75) is 50.2 Å². The Morgan fingerprint density at radius 1 is 1.45 bits per heavy atom. The van der Waals surface area contributed by atoms with E-state index in [1.165, 1.54) is 6.92 Å². The van der Waals surface area contributed by atoms with Crippen LogP contribution in [0.2, 0.25) is 0 Å². The fourth-order valence-corrected chi connectivity index (χ4v) is 3.42. The van der Waals surface area contributed by atoms with E-state index >= 15 is 0 Å². The molecule has 2 rings (SSSR count). The van der Waals surface area contributed by atoms with Crippen LogP contribution in [0.25, 0.3) is 0 Å². The fraction of sp³-hybridized carbons (Fsp3) is 0.929. The number of rotatable bonds is 6. The number of hydrogen-bond donors (Lipinski definition) is 3. The molecule has 2 fully saturated rings. The minimum absolute atomic E-state index is 0. The number of aliphatic hydroxyl groups excluding tert-OH is 2. The van der Waals surface area contributed by atoms with Crippen molar-refractivity contribution in [3.63, 3.8) is 0 Å². The van der Waals surface area contributed by atoms with Gasteiger partial charge in [-0.2, -0.15) is 0 Å². The number of nitrogens with zero attached hydrogens (tertiary/aromatic N) is 1. The molecule has 0 aliphatic carbocycles. The van der Waals surface area contributed by atoms with E-state index in [0.717, 1.165) is 19.4 Å². The minimum Gasteiger partial charge on any atom is -0.394 e. The van der Waals surface area contributed by atoms with Gasteiger partial charge < -0.3 is 25.0 Å². The Labute approximate surface area is 137 Å². The lowest BCUT2D eigenvalue weighted by Crippen LogP contribution is -2.53. The predicted molar refractivity (Wildman–Crippen MR) is 83.1 cm³/mol. The third kappa shape index (κ3) is 4.31. The van der Waals surface area contributed by atoms with Crippen molar-refractivity contribution < 1.29 is 24.5 Å². The predicted octanol–water partition coefficient (Wildman–Crippen LogP) is -0.856. The van der Waals surface area contributed by atoms with E-state index < -0.39 is 12.2 Å². The van der Waals surface area contributed by atoms with Gasteiger partial charge in [-0.05, 0) is 19.4 Å². The van der Waals surface area contributed by atoms with Crippen molar-refractivity contribution in [1.29, 1.82) is 0 Å². The molecule has 0 aromatic heterocycles. The first-order chi connectivity index (χ1) is 10.1. The monoisotopic (exact) mass is 338 g/mol. The zero-order chi connectivity index (χ0) is 15.4. The molecule has 3 N–H and O–H groups in total. The van der Waals surface area contributed by atoms with Gasteiger partial charge in [0.2, 0.25) is 5.91 Å². The summed E-state index contributed by atoms with van der Waals surface area (Å²) in [7, 11) is 1.67. The van der Waals surface area contributed by atoms with Crippen molar-refractivity contribution in [3.05, 3.63) is 0 Å². The summed E-state index contributed by atoms with van der Waals surface area (Å²) >= 11 is 0. The molecular weight excluding hydrogens is 312 g/mol. The van der Waals surface area contributed by atoms with Crippen LogP contribution in [0.4, 0.5) is 0 Å². The van der Waals surface area contributed by atoms with Gasteiger partial charge in [-0.3, -0.25) is 9.69 Å². The van der Waals surface area contributed by atoms with Gasteiger partial charge in [0.1, 0.15) is 12.2 Å². The highest BCUT2D eigenvalue weighted by atomic mass is 35.5. The molecule has 2 saturated heterocycles. The molecule has 0 aromatic carbocycles. The number of carbonyl (C=O) groups excluding carboxylic acids is 1. The van der Waals surface area contributed by atoms with Gasteiger partial charge in [0.25, 0.3) is 0 Å². The van der Waals surface area contributed by atoms with E-state index in [4.69, 9.17) is 9.47 Å². The van der Waals surface area contributed by atoms with E-state index in [1.54, 1.807) is 7.11 Å². The quantitative estimate of drug-likeness (QED) is 0.584. The number of aliphatic hydroxyl groups is 2. The van der Waals surface area contributed by atoms with E-state index in [1.807, 2.05) is 0 Å². The topological polar surface area (TPSA) is 91.3 Å². The molecule has 7 nitrogen and oxygen atoms in total. The third-order valence-electron chi connectivity index (χ3n) is 4.36. The average Bonchev–Trinajstić information content (AvgIpc) is 3.01. The van der Waals surface area contributed by atoms with Gasteiger partial charge in [-0.25, -0.2) is 0 Å². The summed E-state index contributed by atoms with van der Waals surface area (Å²) in [5.74, 6) is -0.130. The van der Waals surface area contributed by atoms with Crippen molar-refractivity contribution in [2.24, 2.45) is 0 Å². The molecule has 0 aromatic rings. The Bertz CT molecular complexity index is 360. The summed E-state index contributed by atoms with van der Waals surface area (Å²) in [5.41, 5.74) is 0. The summed E-state index contributed by atoms with van der Waals surface area (Å²) < 4.78 is 11.0. The summed E-state index contributed by atoms with van der Waals surface area (Å²) in [6, 6.07) is 0.0205. The highest BCUT2D eigenvalue weighted by Crippen LogP contribution is 2.31. The average molecular weight is 339 g/mol. The Balaban J connectivity index is 0.00000242. The third-order valence-corrected chi connectivity index (χ3v) is 4.36. The number of hydrogen-bond acceptors (Lipinski definition) is 6. The maximum atomic E-state index is 11.1. The normalized spacial score (nSPS) is 35.4. The Kier molecular flexibility index (Phi) is 8.02. The van der Waals surface area contributed by atoms with Crippen LogP contribution in [0.1, 0.15) is 19.8 Å². The molecule has 130 valence electrons. The zero-order valence-corrected chi connectivity index (χ0v) is 13.9. The highest BCUT2D eigenvalue weighted by Gasteiger charge is 2.48. The molecule has 0 spiro atoms. The maximum Gasteiger partial charge on any atom is 0.216 e. The van der Waals surface area contributed by atoms with Crippen LogP contribution >= 0.6 is 12.4 Å². The van der Waals surface area contributed by atoms with Crippen molar-refractivity contribution in [3.8, 4) is 0 Å². The molecule has 1 amide bonds. The molecule has 0 radical (unpaired) electrons. The van der Waals surface area contributed by atoms with Gasteiger partial charge in [0, 0.05) is 26.6 Å². The zero-order valence-electron chi connectivity index (χ0n) is 13.1. The van der Waals surface area contributed by atoms with Gasteiger partial charge in [-0.15, -0.1) is 12.4 Å². The van der Waals surface area contributed by atoms with Gasteiger partial charge in [-0.1, -0.05) is 0 Å². The van der Waals surface area contributed by atoms with Crippen LogP contribution in [-0.2, 0) is 14.3 Å². The number of halogens is 1. The second kappa shape index (κ2) is 9.00. The van der Waals surface area contributed by atoms with Crippen molar-refractivity contribution in [1.82, 2.24) is 10.2 Å². The fourth-order valence-electron chi connectivity index (χ4n) is 3.42. The van der Waals surface area contributed by atoms with Crippen LogP contribution in [0.3, 0.4) is 0 Å². The number of likely N-dealkylation sites (tertiary alicyclic amines) is 1. The van der Waals surface area contributed by atoms with Crippen LogP contribution < -0.4 is 5.32 Å². The summed E-state index contributed by atoms with van der Waals surface area (Å²) in [6.07, 6.45) is 0.393. The maximum absolute atomic E-state index is 11.1. The van der Waals surface area contributed by atoms with E-state index in [0.29, 0.717) is 13.2 Å². The molecule has 22 heavy (non-hydrogen) atoms. The van der Waals surface area contributed by atoms with Crippen molar-refractivity contribution >= 4 is 18.3 Å². The molecule has 8 heteroatoms. The second-order valence-electron chi connectivity index (χ2n) is 5.80. The standard InChI is InChI=1S/C14H26N2O5.ClH/c1-9(18)15-6-11-13(14(19)12(7-17)21-11)16-5-3-4-10(16)8-20-2;/h10-14,17,19H,3-8H2,1-2H3,(H,15,18);1H/t10-,11-,12+,13+,14-;/m1./s1. The molecule has 0 bridgehead atoms. The number of nitrogens with one attached hydrogen (secondary N) is 1. The number of carbonyl (C=O) groups is 1. The highest BCUT2D eigenvalue weighted by molar-refractivity contribution is 5.85. The summed E-state index contributed by atoms with van der Waals surface area (Å²) in [5, 5.41) is 22.5. The Morgan fingerprint density at radius 3 is 2.77 bits per heavy atom. The SMILES string of the molecule is COC[C@H]1CCCN1[C@@H]1[C@H](O)[C@H](CO)O[C@@H]1CNC(C)=O.Cl. The van der Waals surface area contributed by atoms with Crippen LogP contribution in [0.15, 0.2) is 0 Å². The molecule has 0 saturated carbocycles. The number of methoxy groups -OCH3 is 1. The first-order valence-electron chi connectivity index (χ1n) is 7.52. The number of amides is 1.